The van der Waals surface area contributed by atoms with Crippen molar-refractivity contribution in [2.75, 3.05) is 0 Å². The van der Waals surface area contributed by atoms with Crippen LogP contribution in [0.2, 0.25) is 0 Å². The van der Waals surface area contributed by atoms with E-state index in [0.717, 1.165) is 0 Å². The minimum atomic E-state index is -1.92. The summed E-state index contributed by atoms with van der Waals surface area (Å²) in [6.45, 7) is 10.7. The summed E-state index contributed by atoms with van der Waals surface area (Å²) in [7, 11) is 0. The zero-order valence-corrected chi connectivity index (χ0v) is 19.5. The smallest absolute Gasteiger partial charge is 0.339 e. The van der Waals surface area contributed by atoms with Gasteiger partial charge in [-0.3, -0.25) is 9.59 Å². The second-order valence-electron chi connectivity index (χ2n) is 9.84. The van der Waals surface area contributed by atoms with E-state index in [1.807, 2.05) is 6.92 Å². The standard InChI is InChI=1S/C22H33ClO7/c1-12(23)21(6,28)18(26)29-17-8-9-20(5)11-15(25)14(19(3,4)27)10-16(20)22(17,7)30-13(2)24/h10,12,16-17,27-28H,8-9,11H2,1-7H3/t12-,16+,17-,20+,21-,22-/m0/s1. The molecule has 0 aromatic rings. The van der Waals surface area contributed by atoms with Crippen LogP contribution in [0.3, 0.4) is 0 Å². The minimum Gasteiger partial charge on any atom is -0.456 e. The quantitative estimate of drug-likeness (QED) is 0.495. The summed E-state index contributed by atoms with van der Waals surface area (Å²) in [5.74, 6) is -2.11. The third-order valence-electron chi connectivity index (χ3n) is 6.64. The fraction of sp³-hybridized carbons (Fsp3) is 0.773. The molecule has 0 aromatic heterocycles. The van der Waals surface area contributed by atoms with Crippen molar-refractivity contribution in [3.05, 3.63) is 11.6 Å². The summed E-state index contributed by atoms with van der Waals surface area (Å²) < 4.78 is 11.4. The van der Waals surface area contributed by atoms with E-state index in [1.165, 1.54) is 34.6 Å². The lowest BCUT2D eigenvalue weighted by Gasteiger charge is -2.55. The number of ether oxygens (including phenoxy) is 2. The molecule has 0 aliphatic heterocycles. The molecule has 7 nitrogen and oxygen atoms in total. The molecule has 2 rings (SSSR count). The van der Waals surface area contributed by atoms with Crippen LogP contribution in [0.4, 0.5) is 0 Å². The first-order valence-electron chi connectivity index (χ1n) is 10.2. The topological polar surface area (TPSA) is 110 Å². The Morgan fingerprint density at radius 2 is 1.83 bits per heavy atom. The van der Waals surface area contributed by atoms with Crippen molar-refractivity contribution in [3.63, 3.8) is 0 Å². The van der Waals surface area contributed by atoms with Crippen LogP contribution in [0.15, 0.2) is 11.6 Å². The van der Waals surface area contributed by atoms with Gasteiger partial charge in [0.1, 0.15) is 6.10 Å². The molecule has 0 saturated heterocycles. The molecule has 2 aliphatic carbocycles. The molecule has 170 valence electrons. The van der Waals surface area contributed by atoms with Gasteiger partial charge in [-0.2, -0.15) is 0 Å². The van der Waals surface area contributed by atoms with Crippen LogP contribution >= 0.6 is 11.6 Å². The number of rotatable bonds is 5. The van der Waals surface area contributed by atoms with Crippen molar-refractivity contribution >= 4 is 29.3 Å². The molecule has 2 N–H and O–H groups in total. The van der Waals surface area contributed by atoms with Gasteiger partial charge in [0.25, 0.3) is 0 Å². The summed E-state index contributed by atoms with van der Waals surface area (Å²) >= 11 is 5.94. The van der Waals surface area contributed by atoms with Gasteiger partial charge in [-0.15, -0.1) is 11.6 Å². The Kier molecular flexibility index (Phi) is 6.55. The summed E-state index contributed by atoms with van der Waals surface area (Å²) in [5, 5.41) is 20.0. The zero-order valence-electron chi connectivity index (χ0n) is 18.7. The molecule has 0 radical (unpaired) electrons. The van der Waals surface area contributed by atoms with Crippen molar-refractivity contribution in [2.45, 2.75) is 96.0 Å². The number of halogens is 1. The number of hydrogen-bond acceptors (Lipinski definition) is 7. The SMILES string of the molecule is CC(=O)O[C@]1(C)[C@@H](OC(=O)[C@@](C)(O)[C@H](C)Cl)CC[C@]2(C)CC(=O)C(C(C)(C)O)=C[C@H]21. The van der Waals surface area contributed by atoms with E-state index in [-0.39, 0.29) is 17.8 Å². The zero-order chi connectivity index (χ0) is 23.3. The Morgan fingerprint density at radius 3 is 2.30 bits per heavy atom. The van der Waals surface area contributed by atoms with Crippen LogP contribution in [0.25, 0.3) is 0 Å². The predicted octanol–water partition coefficient (Wildman–Crippen LogP) is 2.68. The minimum absolute atomic E-state index is 0.152. The number of ketones is 1. The second-order valence-corrected chi connectivity index (χ2v) is 10.5. The van der Waals surface area contributed by atoms with Crippen LogP contribution in [-0.2, 0) is 23.9 Å². The Morgan fingerprint density at radius 1 is 1.27 bits per heavy atom. The van der Waals surface area contributed by atoms with Crippen LogP contribution in [-0.4, -0.2) is 56.2 Å². The largest absolute Gasteiger partial charge is 0.456 e. The van der Waals surface area contributed by atoms with Gasteiger partial charge in [0, 0.05) is 24.8 Å². The molecular weight excluding hydrogens is 412 g/mol. The summed E-state index contributed by atoms with van der Waals surface area (Å²) in [5.41, 5.74) is -4.87. The first-order chi connectivity index (χ1) is 13.4. The molecule has 30 heavy (non-hydrogen) atoms. The Labute approximate surface area is 182 Å². The molecule has 0 heterocycles. The fourth-order valence-corrected chi connectivity index (χ4v) is 4.74. The number of fused-ring (bicyclic) bond motifs is 1. The average molecular weight is 445 g/mol. The molecule has 8 heteroatoms. The Bertz CT molecular complexity index is 764. The van der Waals surface area contributed by atoms with Gasteiger partial charge in [-0.1, -0.05) is 13.0 Å². The molecule has 2 aliphatic rings. The van der Waals surface area contributed by atoms with Crippen molar-refractivity contribution in [2.24, 2.45) is 11.3 Å². The lowest BCUT2D eigenvalue weighted by Crippen LogP contribution is -2.62. The van der Waals surface area contributed by atoms with E-state index in [0.29, 0.717) is 12.8 Å². The van der Waals surface area contributed by atoms with Gasteiger partial charge in [-0.25, -0.2) is 4.79 Å². The maximum atomic E-state index is 12.7. The molecule has 1 saturated carbocycles. The predicted molar refractivity (Wildman–Crippen MR) is 111 cm³/mol. The summed E-state index contributed by atoms with van der Waals surface area (Å²) in [4.78, 5) is 37.4. The number of carbonyl (C=O) groups is 3. The Balaban J connectivity index is 2.53. The van der Waals surface area contributed by atoms with E-state index in [4.69, 9.17) is 21.1 Å². The summed E-state index contributed by atoms with van der Waals surface area (Å²) in [6, 6.07) is 0. The number of Topliss-reactive ketones (excluding diaryl/α,β-unsaturated/α-hetero) is 1. The molecule has 0 spiro atoms. The van der Waals surface area contributed by atoms with Crippen molar-refractivity contribution in [1.29, 1.82) is 0 Å². The number of alkyl halides is 1. The van der Waals surface area contributed by atoms with Gasteiger partial charge >= 0.3 is 11.9 Å². The molecule has 1 fully saturated rings. The van der Waals surface area contributed by atoms with Crippen molar-refractivity contribution in [1.82, 2.24) is 0 Å². The first-order valence-corrected chi connectivity index (χ1v) is 10.6. The van der Waals surface area contributed by atoms with Crippen LogP contribution < -0.4 is 0 Å². The molecular formula is C22H33ClO7. The van der Waals surface area contributed by atoms with E-state index >= 15 is 0 Å². The number of aliphatic hydroxyl groups is 2. The lowest BCUT2D eigenvalue weighted by molar-refractivity contribution is -0.217. The number of hydrogen-bond donors (Lipinski definition) is 2. The summed E-state index contributed by atoms with van der Waals surface area (Å²) in [6.07, 6.45) is 1.86. The fourth-order valence-electron chi connectivity index (χ4n) is 4.65. The maximum absolute atomic E-state index is 12.7. The van der Waals surface area contributed by atoms with E-state index in [2.05, 4.69) is 0 Å². The highest BCUT2D eigenvalue weighted by atomic mass is 35.5. The van der Waals surface area contributed by atoms with E-state index in [1.54, 1.807) is 13.0 Å². The highest BCUT2D eigenvalue weighted by Gasteiger charge is 2.60. The van der Waals surface area contributed by atoms with E-state index < -0.39 is 51.6 Å². The highest BCUT2D eigenvalue weighted by Crippen LogP contribution is 2.55. The average Bonchev–Trinajstić information content (AvgIpc) is 2.54. The van der Waals surface area contributed by atoms with Crippen molar-refractivity contribution < 1.29 is 34.1 Å². The molecule has 6 atom stereocenters. The molecule has 0 unspecified atom stereocenters. The number of carbonyl (C=O) groups excluding carboxylic acids is 3. The second kappa shape index (κ2) is 7.92. The molecule has 0 bridgehead atoms. The van der Waals surface area contributed by atoms with Crippen molar-refractivity contribution in [3.8, 4) is 0 Å². The van der Waals surface area contributed by atoms with Crippen LogP contribution in [0.5, 0.6) is 0 Å². The molecule has 0 amide bonds. The van der Waals surface area contributed by atoms with E-state index in [9.17, 15) is 24.6 Å². The third-order valence-corrected chi connectivity index (χ3v) is 7.07. The highest BCUT2D eigenvalue weighted by molar-refractivity contribution is 6.22. The third kappa shape index (κ3) is 4.43. The van der Waals surface area contributed by atoms with Gasteiger partial charge in [-0.05, 0) is 52.9 Å². The van der Waals surface area contributed by atoms with Gasteiger partial charge in [0.05, 0.1) is 11.0 Å². The van der Waals surface area contributed by atoms with Gasteiger partial charge < -0.3 is 19.7 Å². The van der Waals surface area contributed by atoms with Gasteiger partial charge in [0.15, 0.2) is 17.0 Å². The maximum Gasteiger partial charge on any atom is 0.339 e. The molecule has 0 aromatic carbocycles. The van der Waals surface area contributed by atoms with Crippen LogP contribution in [0.1, 0.15) is 67.7 Å². The first kappa shape index (κ1) is 24.8. The normalized spacial score (nSPS) is 34.9. The van der Waals surface area contributed by atoms with Gasteiger partial charge in [0.2, 0.25) is 0 Å². The van der Waals surface area contributed by atoms with Crippen LogP contribution in [0, 0.1) is 11.3 Å². The number of esters is 2. The monoisotopic (exact) mass is 444 g/mol. The Hall–Kier alpha value is -1.44. The lowest BCUT2D eigenvalue weighted by atomic mass is 9.54.